The highest BCUT2D eigenvalue weighted by atomic mass is 35.5. The summed E-state index contributed by atoms with van der Waals surface area (Å²) in [5.74, 6) is 1.65. The first-order valence-electron chi connectivity index (χ1n) is 6.44. The summed E-state index contributed by atoms with van der Waals surface area (Å²) in [6.45, 7) is 1.93. The Morgan fingerprint density at radius 1 is 1.39 bits per heavy atom. The Kier molecular flexibility index (Phi) is 2.74. The van der Waals surface area contributed by atoms with Crippen LogP contribution >= 0.6 is 11.6 Å². The third-order valence-corrected chi connectivity index (χ3v) is 4.64. The van der Waals surface area contributed by atoms with E-state index in [2.05, 4.69) is 5.32 Å². The number of nitrogens with one attached hydrogen (secondary N) is 1. The molecule has 0 heterocycles. The first-order valence-corrected chi connectivity index (χ1v) is 6.82. The highest BCUT2D eigenvalue weighted by Crippen LogP contribution is 2.57. The molecule has 0 aliphatic heterocycles. The Bertz CT molecular complexity index is 505. The maximum absolute atomic E-state index is 12.2. The number of carbonyl (C=O) groups excluding carboxylic acids is 1. The lowest BCUT2D eigenvalue weighted by molar-refractivity contribution is -0.118. The summed E-state index contributed by atoms with van der Waals surface area (Å²) in [4.78, 5) is 12.2. The molecule has 1 aromatic rings. The van der Waals surface area contributed by atoms with E-state index < -0.39 is 0 Å². The number of rotatable bonds is 2. The van der Waals surface area contributed by atoms with Gasteiger partial charge in [0.05, 0.1) is 10.7 Å². The molecule has 2 unspecified atom stereocenters. The molecule has 2 fully saturated rings. The molecule has 1 aromatic carbocycles. The Labute approximate surface area is 112 Å². The standard InChI is InChI=1S/C14H17ClN2O/c1-7-5-11(16)10(15)6-12(7)17-14(18)13-8-3-2-4-9(8)13/h5-6,8-9,13H,2-4,16H2,1H3,(H,17,18). The summed E-state index contributed by atoms with van der Waals surface area (Å²) < 4.78 is 0. The quantitative estimate of drug-likeness (QED) is 0.806. The van der Waals surface area contributed by atoms with E-state index in [1.54, 1.807) is 12.1 Å². The van der Waals surface area contributed by atoms with Crippen LogP contribution in [0.4, 0.5) is 11.4 Å². The molecular weight excluding hydrogens is 248 g/mol. The molecule has 3 N–H and O–H groups in total. The van der Waals surface area contributed by atoms with Crippen molar-refractivity contribution in [1.29, 1.82) is 0 Å². The molecule has 3 rings (SSSR count). The number of amides is 1. The predicted molar refractivity (Wildman–Crippen MR) is 73.6 cm³/mol. The largest absolute Gasteiger partial charge is 0.398 e. The van der Waals surface area contributed by atoms with Crippen LogP contribution in [0.25, 0.3) is 0 Å². The van der Waals surface area contributed by atoms with Gasteiger partial charge in [0.15, 0.2) is 0 Å². The van der Waals surface area contributed by atoms with Gasteiger partial charge in [0.25, 0.3) is 0 Å². The molecule has 96 valence electrons. The average molecular weight is 265 g/mol. The summed E-state index contributed by atoms with van der Waals surface area (Å²) in [5, 5.41) is 3.48. The van der Waals surface area contributed by atoms with Gasteiger partial charge in [-0.1, -0.05) is 18.0 Å². The van der Waals surface area contributed by atoms with Crippen LogP contribution in [0.3, 0.4) is 0 Å². The van der Waals surface area contributed by atoms with Crippen molar-refractivity contribution in [3.05, 3.63) is 22.7 Å². The summed E-state index contributed by atoms with van der Waals surface area (Å²) in [5.41, 5.74) is 8.01. The van der Waals surface area contributed by atoms with Crippen LogP contribution < -0.4 is 11.1 Å². The van der Waals surface area contributed by atoms with Gasteiger partial charge in [-0.15, -0.1) is 0 Å². The molecule has 0 radical (unpaired) electrons. The van der Waals surface area contributed by atoms with Crippen molar-refractivity contribution in [2.24, 2.45) is 17.8 Å². The fraction of sp³-hybridized carbons (Fsp3) is 0.500. The van der Waals surface area contributed by atoms with E-state index in [0.29, 0.717) is 22.5 Å². The van der Waals surface area contributed by atoms with Gasteiger partial charge in [0.2, 0.25) is 5.91 Å². The second-order valence-corrected chi connectivity index (χ2v) is 5.87. The van der Waals surface area contributed by atoms with Crippen LogP contribution in [0.5, 0.6) is 0 Å². The molecule has 1 amide bonds. The number of nitrogens with two attached hydrogens (primary N) is 1. The summed E-state index contributed by atoms with van der Waals surface area (Å²) in [7, 11) is 0. The zero-order chi connectivity index (χ0) is 12.9. The molecule has 18 heavy (non-hydrogen) atoms. The van der Waals surface area contributed by atoms with E-state index in [-0.39, 0.29) is 11.8 Å². The number of anilines is 2. The van der Waals surface area contributed by atoms with Crippen molar-refractivity contribution in [1.82, 2.24) is 0 Å². The van der Waals surface area contributed by atoms with E-state index >= 15 is 0 Å². The Hall–Kier alpha value is -1.22. The molecule has 3 nitrogen and oxygen atoms in total. The topological polar surface area (TPSA) is 55.1 Å². The summed E-state index contributed by atoms with van der Waals surface area (Å²) in [6.07, 6.45) is 3.71. The normalized spacial score (nSPS) is 28.9. The van der Waals surface area contributed by atoms with Crippen molar-refractivity contribution in [3.63, 3.8) is 0 Å². The fourth-order valence-electron chi connectivity index (χ4n) is 3.26. The molecule has 0 bridgehead atoms. The molecular formula is C14H17ClN2O. The zero-order valence-electron chi connectivity index (χ0n) is 10.4. The SMILES string of the molecule is Cc1cc(N)c(Cl)cc1NC(=O)C1C2CCCC21. The van der Waals surface area contributed by atoms with Gasteiger partial charge in [-0.25, -0.2) is 0 Å². The van der Waals surface area contributed by atoms with Crippen molar-refractivity contribution in [2.45, 2.75) is 26.2 Å². The van der Waals surface area contributed by atoms with Crippen molar-refractivity contribution < 1.29 is 4.79 Å². The lowest BCUT2D eigenvalue weighted by Gasteiger charge is -2.11. The van der Waals surface area contributed by atoms with E-state index in [1.165, 1.54) is 19.3 Å². The van der Waals surface area contributed by atoms with Crippen LogP contribution in [0.15, 0.2) is 12.1 Å². The highest BCUT2D eigenvalue weighted by molar-refractivity contribution is 6.33. The predicted octanol–water partition coefficient (Wildman–Crippen LogP) is 3.22. The van der Waals surface area contributed by atoms with E-state index in [9.17, 15) is 4.79 Å². The second-order valence-electron chi connectivity index (χ2n) is 5.46. The van der Waals surface area contributed by atoms with Crippen LogP contribution in [-0.4, -0.2) is 5.91 Å². The minimum atomic E-state index is 0.147. The smallest absolute Gasteiger partial charge is 0.228 e. The van der Waals surface area contributed by atoms with Crippen LogP contribution in [-0.2, 0) is 4.79 Å². The number of hydrogen-bond donors (Lipinski definition) is 2. The number of benzene rings is 1. The first kappa shape index (κ1) is 11.8. The third-order valence-electron chi connectivity index (χ3n) is 4.31. The summed E-state index contributed by atoms with van der Waals surface area (Å²) >= 11 is 5.98. The number of fused-ring (bicyclic) bond motifs is 1. The molecule has 4 heteroatoms. The van der Waals surface area contributed by atoms with Crippen LogP contribution in [0.2, 0.25) is 5.02 Å². The minimum Gasteiger partial charge on any atom is -0.398 e. The minimum absolute atomic E-state index is 0.147. The highest BCUT2D eigenvalue weighted by Gasteiger charge is 2.56. The molecule has 2 saturated carbocycles. The molecule has 0 spiro atoms. The zero-order valence-corrected chi connectivity index (χ0v) is 11.1. The van der Waals surface area contributed by atoms with E-state index in [0.717, 1.165) is 11.3 Å². The number of halogens is 1. The lowest BCUT2D eigenvalue weighted by atomic mass is 10.1. The van der Waals surface area contributed by atoms with Crippen LogP contribution in [0, 0.1) is 24.7 Å². The fourth-order valence-corrected chi connectivity index (χ4v) is 3.43. The molecule has 2 atom stereocenters. The van der Waals surface area contributed by atoms with Gasteiger partial charge in [0, 0.05) is 11.6 Å². The van der Waals surface area contributed by atoms with E-state index in [4.69, 9.17) is 17.3 Å². The van der Waals surface area contributed by atoms with E-state index in [1.807, 2.05) is 6.92 Å². The number of hydrogen-bond acceptors (Lipinski definition) is 2. The Morgan fingerprint density at radius 3 is 2.72 bits per heavy atom. The Morgan fingerprint density at radius 2 is 2.06 bits per heavy atom. The van der Waals surface area contributed by atoms with Gasteiger partial charge >= 0.3 is 0 Å². The maximum Gasteiger partial charge on any atom is 0.228 e. The molecule has 2 aliphatic rings. The number of aryl methyl sites for hydroxylation is 1. The first-order chi connectivity index (χ1) is 8.58. The molecule has 0 saturated heterocycles. The lowest BCUT2D eigenvalue weighted by Crippen LogP contribution is -2.17. The third kappa shape index (κ3) is 1.87. The Balaban J connectivity index is 1.73. The van der Waals surface area contributed by atoms with Gasteiger partial charge in [-0.3, -0.25) is 4.79 Å². The van der Waals surface area contributed by atoms with Gasteiger partial charge in [-0.05, 0) is 49.3 Å². The molecule has 0 aromatic heterocycles. The second kappa shape index (κ2) is 4.16. The molecule has 2 aliphatic carbocycles. The van der Waals surface area contributed by atoms with Gasteiger partial charge < -0.3 is 11.1 Å². The average Bonchev–Trinajstić information content (AvgIpc) is 2.80. The number of carbonyl (C=O) groups is 1. The van der Waals surface area contributed by atoms with Crippen molar-refractivity contribution in [2.75, 3.05) is 11.1 Å². The van der Waals surface area contributed by atoms with Gasteiger partial charge in [0.1, 0.15) is 0 Å². The maximum atomic E-state index is 12.2. The van der Waals surface area contributed by atoms with Crippen molar-refractivity contribution >= 4 is 28.9 Å². The summed E-state index contributed by atoms with van der Waals surface area (Å²) in [6, 6.07) is 3.54. The van der Waals surface area contributed by atoms with Gasteiger partial charge in [-0.2, -0.15) is 0 Å². The van der Waals surface area contributed by atoms with Crippen LogP contribution in [0.1, 0.15) is 24.8 Å². The van der Waals surface area contributed by atoms with Crippen molar-refractivity contribution in [3.8, 4) is 0 Å². The number of nitrogen functional groups attached to an aromatic ring is 1. The monoisotopic (exact) mass is 264 g/mol.